The average molecular weight is 160 g/mol. The van der Waals surface area contributed by atoms with Gasteiger partial charge in [0.2, 0.25) is 0 Å². The molecule has 0 atom stereocenters. The molecule has 0 aliphatic carbocycles. The van der Waals surface area contributed by atoms with Crippen molar-refractivity contribution in [1.29, 1.82) is 0 Å². The predicted octanol–water partition coefficient (Wildman–Crippen LogP) is 0.565. The van der Waals surface area contributed by atoms with E-state index in [1.807, 2.05) is 0 Å². The summed E-state index contributed by atoms with van der Waals surface area (Å²) in [5.41, 5.74) is 0. The molecule has 0 saturated carbocycles. The zero-order valence-corrected chi connectivity index (χ0v) is 5.32. The Labute approximate surface area is 61.3 Å². The van der Waals surface area contributed by atoms with Gasteiger partial charge in [-0.2, -0.15) is 0 Å². The first-order valence-corrected chi connectivity index (χ1v) is 2.53. The first kappa shape index (κ1) is 9.35. The maximum Gasteiger partial charge on any atom is 0.331 e. The van der Waals surface area contributed by atoms with Gasteiger partial charge in [-0.3, -0.25) is 0 Å². The summed E-state index contributed by atoms with van der Waals surface area (Å²) in [6, 6.07) is 0. The van der Waals surface area contributed by atoms with Crippen molar-refractivity contribution in [2.75, 3.05) is 0 Å². The van der Waals surface area contributed by atoms with Gasteiger partial charge < -0.3 is 10.2 Å². The molecule has 0 rings (SSSR count). The number of carboxylic acid groups (broad SMARTS) is 2. The van der Waals surface area contributed by atoms with E-state index < -0.39 is 17.8 Å². The van der Waals surface area contributed by atoms with Gasteiger partial charge in [0.25, 0.3) is 0 Å². The molecule has 0 aliphatic rings. The van der Waals surface area contributed by atoms with Crippen LogP contribution in [0.2, 0.25) is 0 Å². The second kappa shape index (κ2) is 4.21. The number of carboxylic acids is 2. The highest BCUT2D eigenvalue weighted by atomic mass is 19.1. The van der Waals surface area contributed by atoms with E-state index in [0.717, 1.165) is 0 Å². The highest BCUT2D eigenvalue weighted by Crippen LogP contribution is 1.97. The molecular formula is C6H5FO4. The maximum absolute atomic E-state index is 12.1. The summed E-state index contributed by atoms with van der Waals surface area (Å²) in [4.78, 5) is 19.5. The smallest absolute Gasteiger partial charge is 0.331 e. The zero-order chi connectivity index (χ0) is 8.85. The van der Waals surface area contributed by atoms with Crippen LogP contribution >= 0.6 is 0 Å². The Bertz CT molecular complexity index is 229. The number of hydrogen-bond donors (Lipinski definition) is 2. The molecule has 0 bridgehead atoms. The fraction of sp³-hybridized carbons (Fsp3) is 0. The third kappa shape index (κ3) is 6.23. The molecule has 5 heteroatoms. The fourth-order valence-corrected chi connectivity index (χ4v) is 0.317. The zero-order valence-electron chi connectivity index (χ0n) is 5.32. The van der Waals surface area contributed by atoms with E-state index in [1.165, 1.54) is 0 Å². The summed E-state index contributed by atoms with van der Waals surface area (Å²) in [5.74, 6) is -3.91. The van der Waals surface area contributed by atoms with Crippen LogP contribution in [-0.2, 0) is 9.59 Å². The van der Waals surface area contributed by atoms with E-state index in [0.29, 0.717) is 12.2 Å². The van der Waals surface area contributed by atoms with Crippen molar-refractivity contribution in [2.45, 2.75) is 0 Å². The molecule has 0 aromatic carbocycles. The number of rotatable bonds is 3. The van der Waals surface area contributed by atoms with E-state index in [2.05, 4.69) is 0 Å². The van der Waals surface area contributed by atoms with Crippen LogP contribution in [0.5, 0.6) is 0 Å². The minimum atomic E-state index is -1.46. The van der Waals surface area contributed by atoms with Crippen LogP contribution in [0.4, 0.5) is 4.39 Å². The second-order valence-corrected chi connectivity index (χ2v) is 1.54. The van der Waals surface area contributed by atoms with E-state index in [4.69, 9.17) is 10.2 Å². The van der Waals surface area contributed by atoms with Crippen molar-refractivity contribution in [1.82, 2.24) is 0 Å². The summed E-state index contributed by atoms with van der Waals surface area (Å²) < 4.78 is 12.1. The van der Waals surface area contributed by atoms with Crippen LogP contribution in [0.3, 0.4) is 0 Å². The molecule has 4 nitrogen and oxygen atoms in total. The minimum Gasteiger partial charge on any atom is -0.478 e. The van der Waals surface area contributed by atoms with Crippen molar-refractivity contribution < 1.29 is 24.2 Å². The summed E-state index contributed by atoms with van der Waals surface area (Å²) in [6.45, 7) is 0. The number of halogens is 1. The molecular weight excluding hydrogens is 155 g/mol. The molecule has 2 N–H and O–H groups in total. The monoisotopic (exact) mass is 160 g/mol. The molecule has 0 saturated heterocycles. The lowest BCUT2D eigenvalue weighted by Crippen LogP contribution is -1.89. The standard InChI is InChI=1S/C6H5FO4/c7-4(3-6(10)11)1-2-5(8)9/h1-3H,(H,8,9)(H,10,11)/b2-1-,4-3+. The lowest BCUT2D eigenvalue weighted by Gasteiger charge is -1.82. The van der Waals surface area contributed by atoms with Crippen molar-refractivity contribution >= 4 is 11.9 Å². The van der Waals surface area contributed by atoms with Crippen LogP contribution in [0.15, 0.2) is 24.1 Å². The molecule has 0 unspecified atom stereocenters. The Morgan fingerprint density at radius 3 is 2.00 bits per heavy atom. The van der Waals surface area contributed by atoms with E-state index >= 15 is 0 Å². The molecule has 0 heterocycles. The minimum absolute atomic E-state index is 0.263. The lowest BCUT2D eigenvalue weighted by molar-refractivity contribution is -0.132. The van der Waals surface area contributed by atoms with Crippen molar-refractivity contribution in [2.24, 2.45) is 0 Å². The summed E-state index contributed by atoms with van der Waals surface area (Å²) in [7, 11) is 0. The molecule has 0 aliphatic heterocycles. The van der Waals surface area contributed by atoms with Gasteiger partial charge in [0.15, 0.2) is 0 Å². The van der Waals surface area contributed by atoms with Gasteiger partial charge in [0.1, 0.15) is 5.83 Å². The van der Waals surface area contributed by atoms with Gasteiger partial charge in [-0.25, -0.2) is 14.0 Å². The fourth-order valence-electron chi connectivity index (χ4n) is 0.317. The average Bonchev–Trinajstić information content (AvgIpc) is 1.82. The highest BCUT2D eigenvalue weighted by Gasteiger charge is 1.94. The van der Waals surface area contributed by atoms with Crippen LogP contribution < -0.4 is 0 Å². The Morgan fingerprint density at radius 1 is 1.09 bits per heavy atom. The van der Waals surface area contributed by atoms with Gasteiger partial charge in [0.05, 0.1) is 6.08 Å². The summed E-state index contributed by atoms with van der Waals surface area (Å²) >= 11 is 0. The first-order chi connectivity index (χ1) is 5.02. The molecule has 0 radical (unpaired) electrons. The molecule has 0 aromatic heterocycles. The highest BCUT2D eigenvalue weighted by molar-refractivity contribution is 5.83. The molecule has 0 amide bonds. The van der Waals surface area contributed by atoms with Crippen LogP contribution in [0.1, 0.15) is 0 Å². The van der Waals surface area contributed by atoms with Crippen molar-refractivity contribution in [3.63, 3.8) is 0 Å². The molecule has 0 spiro atoms. The van der Waals surface area contributed by atoms with Crippen LogP contribution in [0, 0.1) is 0 Å². The normalized spacial score (nSPS) is 11.9. The maximum atomic E-state index is 12.1. The molecule has 11 heavy (non-hydrogen) atoms. The Hall–Kier alpha value is -1.65. The SMILES string of the molecule is O=C(O)/C=C\C(F)=C/C(=O)O. The number of aliphatic carboxylic acids is 2. The van der Waals surface area contributed by atoms with E-state index in [1.54, 1.807) is 0 Å². The van der Waals surface area contributed by atoms with E-state index in [9.17, 15) is 14.0 Å². The number of allylic oxidation sites excluding steroid dienone is 2. The number of hydrogen-bond acceptors (Lipinski definition) is 2. The third-order valence-electron chi connectivity index (χ3n) is 0.646. The van der Waals surface area contributed by atoms with Crippen molar-refractivity contribution in [3.05, 3.63) is 24.1 Å². The quantitative estimate of drug-likeness (QED) is 0.467. The van der Waals surface area contributed by atoms with Gasteiger partial charge in [-0.15, -0.1) is 0 Å². The lowest BCUT2D eigenvalue weighted by atomic mass is 10.4. The first-order valence-electron chi connectivity index (χ1n) is 2.53. The third-order valence-corrected chi connectivity index (χ3v) is 0.646. The molecule has 0 fully saturated rings. The second-order valence-electron chi connectivity index (χ2n) is 1.54. The summed E-state index contributed by atoms with van der Waals surface area (Å²) in [6.07, 6.45) is 1.32. The van der Waals surface area contributed by atoms with Crippen LogP contribution in [0.25, 0.3) is 0 Å². The molecule has 0 aromatic rings. The Morgan fingerprint density at radius 2 is 1.64 bits per heavy atom. The topological polar surface area (TPSA) is 74.6 Å². The predicted molar refractivity (Wildman–Crippen MR) is 33.6 cm³/mol. The Kier molecular flexibility index (Phi) is 3.58. The summed E-state index contributed by atoms with van der Waals surface area (Å²) in [5, 5.41) is 15.9. The Balaban J connectivity index is 4.17. The van der Waals surface area contributed by atoms with E-state index in [-0.39, 0.29) is 6.08 Å². The number of carbonyl (C=O) groups is 2. The van der Waals surface area contributed by atoms with Gasteiger partial charge in [-0.05, 0) is 6.08 Å². The van der Waals surface area contributed by atoms with Gasteiger partial charge >= 0.3 is 11.9 Å². The van der Waals surface area contributed by atoms with Gasteiger partial charge in [-0.1, -0.05) is 0 Å². The van der Waals surface area contributed by atoms with Crippen LogP contribution in [-0.4, -0.2) is 22.2 Å². The van der Waals surface area contributed by atoms with Gasteiger partial charge in [0, 0.05) is 6.08 Å². The molecule has 60 valence electrons. The largest absolute Gasteiger partial charge is 0.478 e. The van der Waals surface area contributed by atoms with Crippen molar-refractivity contribution in [3.8, 4) is 0 Å².